The number of nitrogens with one attached hydrogen (secondary N) is 1. The molecule has 0 aliphatic heterocycles. The number of thiophene rings is 1. The van der Waals surface area contributed by atoms with E-state index in [4.69, 9.17) is 0 Å². The zero-order chi connectivity index (χ0) is 15.2. The van der Waals surface area contributed by atoms with Crippen molar-refractivity contribution in [2.24, 2.45) is 0 Å². The summed E-state index contributed by atoms with van der Waals surface area (Å²) in [6.07, 6.45) is 1.92. The van der Waals surface area contributed by atoms with Gasteiger partial charge in [-0.25, -0.2) is 9.97 Å². The molecule has 2 aromatic rings. The van der Waals surface area contributed by atoms with Crippen molar-refractivity contribution in [3.05, 3.63) is 32.7 Å². The lowest BCUT2D eigenvalue weighted by atomic mass is 10.3. The fourth-order valence-corrected chi connectivity index (χ4v) is 3.44. The van der Waals surface area contributed by atoms with Gasteiger partial charge in [0.25, 0.3) is 0 Å². The van der Waals surface area contributed by atoms with Crippen molar-refractivity contribution in [1.29, 1.82) is 0 Å². The molecule has 21 heavy (non-hydrogen) atoms. The van der Waals surface area contributed by atoms with Crippen LogP contribution in [0.5, 0.6) is 0 Å². The second-order valence-corrected chi connectivity index (χ2v) is 6.81. The van der Waals surface area contributed by atoms with Crippen LogP contribution in [0.25, 0.3) is 0 Å². The second kappa shape index (κ2) is 7.75. The Bertz CT molecular complexity index is 585. The number of hydrogen-bond acceptors (Lipinski definition) is 5. The van der Waals surface area contributed by atoms with Gasteiger partial charge in [-0.2, -0.15) is 0 Å². The summed E-state index contributed by atoms with van der Waals surface area (Å²) in [7, 11) is 2.07. The fraction of sp³-hybridized carbons (Fsp3) is 0.467. The predicted octanol–water partition coefficient (Wildman–Crippen LogP) is 4.32. The largest absolute Gasteiger partial charge is 0.370 e. The van der Waals surface area contributed by atoms with Crippen LogP contribution in [0.2, 0.25) is 0 Å². The molecule has 1 N–H and O–H groups in total. The molecule has 0 unspecified atom stereocenters. The Hall–Kier alpha value is -1.14. The summed E-state index contributed by atoms with van der Waals surface area (Å²) in [6.45, 7) is 6.01. The third-order valence-electron chi connectivity index (χ3n) is 3.04. The van der Waals surface area contributed by atoms with Crippen LogP contribution < -0.4 is 10.2 Å². The lowest BCUT2D eigenvalue weighted by Gasteiger charge is -2.19. The molecule has 0 aliphatic rings. The molecule has 6 heteroatoms. The fourth-order valence-electron chi connectivity index (χ4n) is 1.93. The lowest BCUT2D eigenvalue weighted by Crippen LogP contribution is -2.18. The molecule has 2 rings (SSSR count). The third-order valence-corrected chi connectivity index (χ3v) is 4.72. The minimum Gasteiger partial charge on any atom is -0.370 e. The molecular weight excluding hydrogens is 348 g/mol. The van der Waals surface area contributed by atoms with Crippen molar-refractivity contribution in [2.75, 3.05) is 23.8 Å². The molecule has 0 bridgehead atoms. The van der Waals surface area contributed by atoms with E-state index >= 15 is 0 Å². The first-order valence-corrected chi connectivity index (χ1v) is 8.85. The molecule has 0 atom stereocenters. The van der Waals surface area contributed by atoms with Crippen molar-refractivity contribution in [3.63, 3.8) is 0 Å². The van der Waals surface area contributed by atoms with Gasteiger partial charge in [-0.3, -0.25) is 0 Å². The van der Waals surface area contributed by atoms with Gasteiger partial charge in [-0.1, -0.05) is 13.8 Å². The standard InChI is InChI=1S/C15H21BrN4S/c1-4-6-17-14-8-15(19-13(5-2)18-14)20(3)9-12-7-11(16)10-21-12/h7-8,10H,4-6,9H2,1-3H3,(H,17,18,19). The Labute approximate surface area is 138 Å². The predicted molar refractivity (Wildman–Crippen MR) is 94.3 cm³/mol. The minimum absolute atomic E-state index is 0.840. The first-order valence-electron chi connectivity index (χ1n) is 7.18. The van der Waals surface area contributed by atoms with E-state index in [2.05, 4.69) is 68.5 Å². The molecule has 0 amide bonds. The van der Waals surface area contributed by atoms with Gasteiger partial charge in [-0.15, -0.1) is 11.3 Å². The van der Waals surface area contributed by atoms with Crippen LogP contribution in [0, 0.1) is 0 Å². The zero-order valence-electron chi connectivity index (χ0n) is 12.7. The zero-order valence-corrected chi connectivity index (χ0v) is 15.1. The number of aromatic nitrogens is 2. The van der Waals surface area contributed by atoms with Gasteiger partial charge < -0.3 is 10.2 Å². The molecule has 0 fully saturated rings. The SMILES string of the molecule is CCCNc1cc(N(C)Cc2cc(Br)cs2)nc(CC)n1. The van der Waals surface area contributed by atoms with Gasteiger partial charge in [0.2, 0.25) is 0 Å². The van der Waals surface area contributed by atoms with Crippen molar-refractivity contribution >= 4 is 38.9 Å². The molecule has 0 saturated heterocycles. The maximum Gasteiger partial charge on any atom is 0.134 e. The molecule has 0 spiro atoms. The van der Waals surface area contributed by atoms with Gasteiger partial charge in [0.15, 0.2) is 0 Å². The normalized spacial score (nSPS) is 10.7. The van der Waals surface area contributed by atoms with Crippen LogP contribution in [-0.2, 0) is 13.0 Å². The Morgan fingerprint density at radius 2 is 2.10 bits per heavy atom. The number of aryl methyl sites for hydroxylation is 1. The molecule has 4 nitrogen and oxygen atoms in total. The summed E-state index contributed by atoms with van der Waals surface area (Å²) in [4.78, 5) is 12.6. The summed E-state index contributed by atoms with van der Waals surface area (Å²) in [5, 5.41) is 5.46. The molecule has 0 aliphatic carbocycles. The first-order chi connectivity index (χ1) is 10.1. The quantitative estimate of drug-likeness (QED) is 0.789. The van der Waals surface area contributed by atoms with E-state index in [1.165, 1.54) is 4.88 Å². The number of rotatable bonds is 7. The summed E-state index contributed by atoms with van der Waals surface area (Å²) in [6, 6.07) is 4.18. The third kappa shape index (κ3) is 4.68. The summed E-state index contributed by atoms with van der Waals surface area (Å²) < 4.78 is 1.14. The number of halogens is 1. The molecular formula is C15H21BrN4S. The first kappa shape index (κ1) is 16.2. The highest BCUT2D eigenvalue weighted by molar-refractivity contribution is 9.10. The maximum atomic E-state index is 4.63. The van der Waals surface area contributed by atoms with Gasteiger partial charge in [0.05, 0.1) is 6.54 Å². The lowest BCUT2D eigenvalue weighted by molar-refractivity contribution is 0.862. The Morgan fingerprint density at radius 1 is 1.29 bits per heavy atom. The van der Waals surface area contributed by atoms with Crippen LogP contribution in [0.1, 0.15) is 31.0 Å². The summed E-state index contributed by atoms with van der Waals surface area (Å²) >= 11 is 5.25. The van der Waals surface area contributed by atoms with E-state index in [-0.39, 0.29) is 0 Å². The monoisotopic (exact) mass is 368 g/mol. The van der Waals surface area contributed by atoms with Gasteiger partial charge in [0, 0.05) is 40.8 Å². The average Bonchev–Trinajstić information content (AvgIpc) is 2.89. The van der Waals surface area contributed by atoms with Crippen molar-refractivity contribution < 1.29 is 0 Å². The molecule has 0 radical (unpaired) electrons. The van der Waals surface area contributed by atoms with E-state index in [1.54, 1.807) is 11.3 Å². The van der Waals surface area contributed by atoms with Crippen molar-refractivity contribution in [2.45, 2.75) is 33.2 Å². The van der Waals surface area contributed by atoms with Gasteiger partial charge in [0.1, 0.15) is 17.5 Å². The van der Waals surface area contributed by atoms with Gasteiger partial charge >= 0.3 is 0 Å². The molecule has 114 valence electrons. The minimum atomic E-state index is 0.840. The topological polar surface area (TPSA) is 41.0 Å². The second-order valence-electron chi connectivity index (χ2n) is 4.90. The van der Waals surface area contributed by atoms with E-state index in [0.29, 0.717) is 0 Å². The highest BCUT2D eigenvalue weighted by atomic mass is 79.9. The van der Waals surface area contributed by atoms with E-state index < -0.39 is 0 Å². The number of nitrogens with zero attached hydrogens (tertiary/aromatic N) is 3. The number of hydrogen-bond donors (Lipinski definition) is 1. The summed E-state index contributed by atoms with van der Waals surface area (Å²) in [5.41, 5.74) is 0. The summed E-state index contributed by atoms with van der Waals surface area (Å²) in [5.74, 6) is 2.76. The number of anilines is 2. The van der Waals surface area contributed by atoms with Crippen LogP contribution in [-0.4, -0.2) is 23.6 Å². The van der Waals surface area contributed by atoms with Crippen LogP contribution >= 0.6 is 27.3 Å². The van der Waals surface area contributed by atoms with Gasteiger partial charge in [-0.05, 0) is 28.4 Å². The van der Waals surface area contributed by atoms with Crippen LogP contribution in [0.4, 0.5) is 11.6 Å². The molecule has 2 heterocycles. The highest BCUT2D eigenvalue weighted by Gasteiger charge is 2.09. The molecule has 2 aromatic heterocycles. The van der Waals surface area contributed by atoms with Crippen LogP contribution in [0.15, 0.2) is 22.0 Å². The van der Waals surface area contributed by atoms with E-state index in [9.17, 15) is 0 Å². The maximum absolute atomic E-state index is 4.63. The van der Waals surface area contributed by atoms with E-state index in [1.807, 2.05) is 6.07 Å². The average molecular weight is 369 g/mol. The van der Waals surface area contributed by atoms with Crippen LogP contribution in [0.3, 0.4) is 0 Å². The Morgan fingerprint density at radius 3 is 2.71 bits per heavy atom. The Kier molecular flexibility index (Phi) is 5.99. The van der Waals surface area contributed by atoms with E-state index in [0.717, 1.165) is 47.9 Å². The smallest absolute Gasteiger partial charge is 0.134 e. The highest BCUT2D eigenvalue weighted by Crippen LogP contribution is 2.23. The Balaban J connectivity index is 2.16. The van der Waals surface area contributed by atoms with Crippen molar-refractivity contribution in [3.8, 4) is 0 Å². The molecule has 0 aromatic carbocycles. The molecule has 0 saturated carbocycles. The van der Waals surface area contributed by atoms with Crippen molar-refractivity contribution in [1.82, 2.24) is 9.97 Å².